The smallest absolute Gasteiger partial charge is 0.244 e. The number of carbonyl (C=O) groups is 2. The molecule has 0 spiro atoms. The summed E-state index contributed by atoms with van der Waals surface area (Å²) in [7, 11) is 1.38. The summed E-state index contributed by atoms with van der Waals surface area (Å²) in [6.07, 6.45) is 2.70. The van der Waals surface area contributed by atoms with Gasteiger partial charge < -0.3 is 15.4 Å². The zero-order chi connectivity index (χ0) is 16.8. The maximum atomic E-state index is 13.5. The molecule has 0 aliphatic heterocycles. The Hall–Kier alpha value is -2.37. The van der Waals surface area contributed by atoms with E-state index in [0.717, 1.165) is 0 Å². The molecule has 0 saturated carbocycles. The zero-order valence-electron chi connectivity index (χ0n) is 13.2. The molecule has 2 amide bonds. The van der Waals surface area contributed by atoms with E-state index >= 15 is 0 Å². The van der Waals surface area contributed by atoms with E-state index in [9.17, 15) is 14.0 Å². The Labute approximate surface area is 129 Å². The molecule has 5 nitrogen and oxygen atoms in total. The summed E-state index contributed by atoms with van der Waals surface area (Å²) in [5.74, 6) is -1.07. The van der Waals surface area contributed by atoms with Crippen LogP contribution in [0.15, 0.2) is 24.3 Å². The third-order valence-corrected chi connectivity index (χ3v) is 2.54. The number of amides is 2. The second-order valence-electron chi connectivity index (χ2n) is 5.74. The minimum Gasteiger partial charge on any atom is -0.494 e. The summed E-state index contributed by atoms with van der Waals surface area (Å²) in [6.45, 7) is 5.44. The molecule has 1 rings (SSSR count). The van der Waals surface area contributed by atoms with Crippen LogP contribution in [0.25, 0.3) is 6.08 Å². The van der Waals surface area contributed by atoms with Crippen molar-refractivity contribution in [2.45, 2.75) is 26.3 Å². The van der Waals surface area contributed by atoms with E-state index in [0.29, 0.717) is 5.56 Å². The Bertz CT molecular complexity index is 577. The zero-order valence-corrected chi connectivity index (χ0v) is 13.2. The molecule has 1 aromatic carbocycles. The normalized spacial score (nSPS) is 11.3. The van der Waals surface area contributed by atoms with E-state index in [-0.39, 0.29) is 23.7 Å². The SMILES string of the molecule is COc1ccc(/C=C/C(=O)NCC(=O)NC(C)(C)C)cc1F. The van der Waals surface area contributed by atoms with Gasteiger partial charge in [-0.3, -0.25) is 9.59 Å². The van der Waals surface area contributed by atoms with Crippen molar-refractivity contribution in [1.29, 1.82) is 0 Å². The minimum absolute atomic E-state index is 0.114. The molecule has 0 fully saturated rings. The summed E-state index contributed by atoms with van der Waals surface area (Å²) < 4.78 is 18.3. The van der Waals surface area contributed by atoms with Crippen LogP contribution in [0.5, 0.6) is 5.75 Å². The third-order valence-electron chi connectivity index (χ3n) is 2.54. The number of methoxy groups -OCH3 is 1. The fourth-order valence-electron chi connectivity index (χ4n) is 1.65. The molecule has 120 valence electrons. The first-order valence-corrected chi connectivity index (χ1v) is 6.82. The maximum Gasteiger partial charge on any atom is 0.244 e. The summed E-state index contributed by atoms with van der Waals surface area (Å²) in [4.78, 5) is 23.1. The van der Waals surface area contributed by atoms with Crippen LogP contribution < -0.4 is 15.4 Å². The summed E-state index contributed by atoms with van der Waals surface area (Å²) in [5, 5.41) is 5.18. The maximum absolute atomic E-state index is 13.5. The van der Waals surface area contributed by atoms with Crippen molar-refractivity contribution >= 4 is 17.9 Å². The first-order chi connectivity index (χ1) is 10.2. The van der Waals surface area contributed by atoms with Crippen LogP contribution in [-0.4, -0.2) is 31.0 Å². The highest BCUT2D eigenvalue weighted by Gasteiger charge is 2.13. The van der Waals surface area contributed by atoms with Gasteiger partial charge in [-0.25, -0.2) is 4.39 Å². The highest BCUT2D eigenvalue weighted by molar-refractivity contribution is 5.94. The fraction of sp³-hybridized carbons (Fsp3) is 0.375. The number of rotatable bonds is 5. The van der Waals surface area contributed by atoms with Gasteiger partial charge in [0.15, 0.2) is 11.6 Å². The van der Waals surface area contributed by atoms with E-state index in [2.05, 4.69) is 10.6 Å². The first-order valence-electron chi connectivity index (χ1n) is 6.82. The van der Waals surface area contributed by atoms with Crippen molar-refractivity contribution in [2.75, 3.05) is 13.7 Å². The molecule has 0 aliphatic rings. The molecule has 0 saturated heterocycles. The quantitative estimate of drug-likeness (QED) is 0.816. The lowest BCUT2D eigenvalue weighted by atomic mass is 10.1. The predicted octanol–water partition coefficient (Wildman–Crippen LogP) is 1.88. The molecule has 0 aliphatic carbocycles. The van der Waals surface area contributed by atoms with Crippen molar-refractivity contribution in [1.82, 2.24) is 10.6 Å². The van der Waals surface area contributed by atoms with Gasteiger partial charge >= 0.3 is 0 Å². The van der Waals surface area contributed by atoms with E-state index < -0.39 is 11.7 Å². The first kappa shape index (κ1) is 17.7. The van der Waals surface area contributed by atoms with Crippen LogP contribution in [-0.2, 0) is 9.59 Å². The lowest BCUT2D eigenvalue weighted by Crippen LogP contribution is -2.45. The summed E-state index contributed by atoms with van der Waals surface area (Å²) >= 11 is 0. The standard InChI is InChI=1S/C16H21FN2O3/c1-16(2,3)19-15(21)10-18-14(20)8-6-11-5-7-13(22-4)12(17)9-11/h5-9H,10H2,1-4H3,(H,18,20)(H,19,21)/b8-6+. The predicted molar refractivity (Wildman–Crippen MR) is 82.9 cm³/mol. The van der Waals surface area contributed by atoms with Gasteiger partial charge in [0.1, 0.15) is 0 Å². The molecule has 22 heavy (non-hydrogen) atoms. The molecule has 0 radical (unpaired) electrons. The average Bonchev–Trinajstić information content (AvgIpc) is 2.41. The fourth-order valence-corrected chi connectivity index (χ4v) is 1.65. The van der Waals surface area contributed by atoms with Crippen LogP contribution in [0.4, 0.5) is 4.39 Å². The number of ether oxygens (including phenoxy) is 1. The van der Waals surface area contributed by atoms with Crippen molar-refractivity contribution in [2.24, 2.45) is 0 Å². The van der Waals surface area contributed by atoms with E-state index in [1.165, 1.54) is 31.4 Å². The second-order valence-corrected chi connectivity index (χ2v) is 5.74. The lowest BCUT2D eigenvalue weighted by Gasteiger charge is -2.20. The number of hydrogen-bond acceptors (Lipinski definition) is 3. The Morgan fingerprint density at radius 3 is 2.55 bits per heavy atom. The summed E-state index contributed by atoms with van der Waals surface area (Å²) in [5.41, 5.74) is 0.172. The van der Waals surface area contributed by atoms with Crippen LogP contribution >= 0.6 is 0 Å². The monoisotopic (exact) mass is 308 g/mol. The van der Waals surface area contributed by atoms with Crippen LogP contribution in [0.2, 0.25) is 0 Å². The molecule has 0 heterocycles. The van der Waals surface area contributed by atoms with Gasteiger partial charge in [0.2, 0.25) is 11.8 Å². The number of nitrogens with one attached hydrogen (secondary N) is 2. The van der Waals surface area contributed by atoms with Gasteiger partial charge in [-0.1, -0.05) is 6.07 Å². The highest BCUT2D eigenvalue weighted by atomic mass is 19.1. The van der Waals surface area contributed by atoms with Gasteiger partial charge in [-0.15, -0.1) is 0 Å². The van der Waals surface area contributed by atoms with E-state index in [4.69, 9.17) is 4.74 Å². The largest absolute Gasteiger partial charge is 0.494 e. The number of halogens is 1. The lowest BCUT2D eigenvalue weighted by molar-refractivity contribution is -0.124. The van der Waals surface area contributed by atoms with Crippen molar-refractivity contribution < 1.29 is 18.7 Å². The average molecular weight is 308 g/mol. The van der Waals surface area contributed by atoms with Crippen molar-refractivity contribution in [3.63, 3.8) is 0 Å². The molecule has 2 N–H and O–H groups in total. The van der Waals surface area contributed by atoms with Gasteiger partial charge in [-0.2, -0.15) is 0 Å². The molecule has 1 aromatic rings. The number of benzene rings is 1. The molecule has 0 unspecified atom stereocenters. The van der Waals surface area contributed by atoms with Crippen LogP contribution in [0.1, 0.15) is 26.3 Å². The van der Waals surface area contributed by atoms with E-state index in [1.54, 1.807) is 6.07 Å². The van der Waals surface area contributed by atoms with Crippen molar-refractivity contribution in [3.05, 3.63) is 35.7 Å². The molecule has 0 bridgehead atoms. The Balaban J connectivity index is 2.51. The van der Waals surface area contributed by atoms with Crippen LogP contribution in [0, 0.1) is 5.82 Å². The molecule has 6 heteroatoms. The molecular weight excluding hydrogens is 287 g/mol. The second kappa shape index (κ2) is 7.59. The molecule has 0 aromatic heterocycles. The Morgan fingerprint density at radius 2 is 2.00 bits per heavy atom. The Morgan fingerprint density at radius 1 is 1.32 bits per heavy atom. The van der Waals surface area contributed by atoms with Gasteiger partial charge in [0.05, 0.1) is 13.7 Å². The summed E-state index contributed by atoms with van der Waals surface area (Å²) in [6, 6.07) is 4.36. The Kier molecular flexibility index (Phi) is 6.10. The van der Waals surface area contributed by atoms with Crippen molar-refractivity contribution in [3.8, 4) is 5.75 Å². The topological polar surface area (TPSA) is 67.4 Å². The van der Waals surface area contributed by atoms with Gasteiger partial charge in [-0.05, 0) is 44.5 Å². The van der Waals surface area contributed by atoms with Gasteiger partial charge in [0, 0.05) is 11.6 Å². The van der Waals surface area contributed by atoms with Crippen LogP contribution in [0.3, 0.4) is 0 Å². The number of carbonyl (C=O) groups excluding carboxylic acids is 2. The molecular formula is C16H21FN2O3. The number of hydrogen-bond donors (Lipinski definition) is 2. The highest BCUT2D eigenvalue weighted by Crippen LogP contribution is 2.18. The third kappa shape index (κ3) is 6.39. The minimum atomic E-state index is -0.505. The molecule has 0 atom stereocenters. The van der Waals surface area contributed by atoms with E-state index in [1.807, 2.05) is 20.8 Å². The van der Waals surface area contributed by atoms with Gasteiger partial charge in [0.25, 0.3) is 0 Å².